The first-order valence-electron chi connectivity index (χ1n) is 8.43. The zero-order chi connectivity index (χ0) is 19.9. The van der Waals surface area contributed by atoms with Gasteiger partial charge in [-0.2, -0.15) is 11.8 Å². The fourth-order valence-corrected chi connectivity index (χ4v) is 4.57. The van der Waals surface area contributed by atoms with Gasteiger partial charge in [-0.3, -0.25) is 9.10 Å². The molecule has 146 valence electrons. The Morgan fingerprint density at radius 2 is 1.89 bits per heavy atom. The average molecular weight is 411 g/mol. The molecule has 0 unspecified atom stereocenters. The molecule has 5 nitrogen and oxygen atoms in total. The van der Waals surface area contributed by atoms with E-state index in [1.54, 1.807) is 11.8 Å². The summed E-state index contributed by atoms with van der Waals surface area (Å²) in [7, 11) is -3.75. The molecule has 0 aliphatic carbocycles. The smallest absolute Gasteiger partial charge is 0.243 e. The van der Waals surface area contributed by atoms with Gasteiger partial charge in [0, 0.05) is 18.1 Å². The van der Waals surface area contributed by atoms with Crippen molar-refractivity contribution < 1.29 is 17.6 Å². The number of hydrogen-bond donors (Lipinski definition) is 1. The van der Waals surface area contributed by atoms with E-state index in [4.69, 9.17) is 0 Å². The molecule has 0 aliphatic rings. The van der Waals surface area contributed by atoms with Crippen LogP contribution in [0.5, 0.6) is 0 Å². The van der Waals surface area contributed by atoms with E-state index in [0.29, 0.717) is 12.3 Å². The second-order valence-corrected chi connectivity index (χ2v) is 9.01. The van der Waals surface area contributed by atoms with Crippen LogP contribution in [0.1, 0.15) is 12.5 Å². The van der Waals surface area contributed by atoms with Crippen LogP contribution in [-0.2, 0) is 20.6 Å². The van der Waals surface area contributed by atoms with Crippen molar-refractivity contribution in [2.75, 3.05) is 22.9 Å². The zero-order valence-corrected chi connectivity index (χ0v) is 16.9. The maximum absolute atomic E-state index is 13.5. The Hall–Kier alpha value is -2.06. The largest absolute Gasteiger partial charge is 0.353 e. The van der Waals surface area contributed by atoms with Crippen molar-refractivity contribution in [2.45, 2.75) is 18.7 Å². The Morgan fingerprint density at radius 3 is 2.52 bits per heavy atom. The molecule has 1 atom stereocenters. The fraction of sp³-hybridized carbons (Fsp3) is 0.316. The van der Waals surface area contributed by atoms with Gasteiger partial charge in [0.05, 0.1) is 11.9 Å². The summed E-state index contributed by atoms with van der Waals surface area (Å²) in [5.41, 5.74) is 1.33. The summed E-state index contributed by atoms with van der Waals surface area (Å²) in [5, 5.41) is 2.75. The lowest BCUT2D eigenvalue weighted by Gasteiger charge is -2.28. The summed E-state index contributed by atoms with van der Waals surface area (Å²) in [6, 6.07) is 14.2. The summed E-state index contributed by atoms with van der Waals surface area (Å²) in [6.07, 6.45) is 0.997. The normalized spacial score (nSPS) is 12.4. The van der Waals surface area contributed by atoms with Crippen molar-refractivity contribution in [1.29, 1.82) is 0 Å². The number of sulfonamides is 1. The molecule has 0 saturated heterocycles. The van der Waals surface area contributed by atoms with Crippen molar-refractivity contribution >= 4 is 33.4 Å². The molecule has 0 bridgehead atoms. The number of thioether (sulfide) groups is 1. The van der Waals surface area contributed by atoms with Crippen LogP contribution >= 0.6 is 11.8 Å². The Kier molecular flexibility index (Phi) is 7.67. The summed E-state index contributed by atoms with van der Waals surface area (Å²) >= 11 is 1.68. The van der Waals surface area contributed by atoms with Gasteiger partial charge in [0.2, 0.25) is 15.9 Å². The minimum Gasteiger partial charge on any atom is -0.353 e. The first-order valence-corrected chi connectivity index (χ1v) is 11.4. The molecule has 2 aromatic carbocycles. The highest BCUT2D eigenvalue weighted by Crippen LogP contribution is 2.21. The number of rotatable bonds is 9. The SMILES string of the molecule is C[C@H](C(=O)NCCSCc1ccccc1)N(c1cccc(F)c1)S(C)(=O)=O. The number of nitrogens with one attached hydrogen (secondary N) is 1. The number of carbonyl (C=O) groups is 1. The number of halogens is 1. The van der Waals surface area contributed by atoms with E-state index in [2.05, 4.69) is 5.32 Å². The highest BCUT2D eigenvalue weighted by atomic mass is 32.2. The van der Waals surface area contributed by atoms with Crippen LogP contribution in [0.25, 0.3) is 0 Å². The molecule has 0 fully saturated rings. The molecule has 1 amide bonds. The quantitative estimate of drug-likeness (QED) is 0.646. The van der Waals surface area contributed by atoms with Crippen LogP contribution in [0.2, 0.25) is 0 Å². The molecule has 27 heavy (non-hydrogen) atoms. The molecule has 1 N–H and O–H groups in total. The third-order valence-corrected chi connectivity index (χ3v) is 6.08. The summed E-state index contributed by atoms with van der Waals surface area (Å²) < 4.78 is 38.7. The predicted octanol–water partition coefficient (Wildman–Crippen LogP) is 3.03. The number of carbonyl (C=O) groups excluding carboxylic acids is 1. The molecule has 8 heteroatoms. The molecule has 0 saturated carbocycles. The average Bonchev–Trinajstić information content (AvgIpc) is 2.61. The standard InChI is InChI=1S/C19H23FN2O3S2/c1-15(22(27(2,24)25)18-10-6-9-17(20)13-18)19(23)21-11-12-26-14-16-7-4-3-5-8-16/h3-10,13,15H,11-12,14H2,1-2H3,(H,21,23)/t15-/m1/s1. The molecule has 0 aromatic heterocycles. The van der Waals surface area contributed by atoms with Crippen molar-refractivity contribution in [1.82, 2.24) is 5.32 Å². The van der Waals surface area contributed by atoms with Gasteiger partial charge in [0.15, 0.2) is 0 Å². The molecular formula is C19H23FN2O3S2. The van der Waals surface area contributed by atoms with Crippen LogP contribution in [0.3, 0.4) is 0 Å². The monoisotopic (exact) mass is 410 g/mol. The second kappa shape index (κ2) is 9.75. The molecule has 0 aliphatic heterocycles. The van der Waals surface area contributed by atoms with Crippen molar-refractivity contribution in [2.24, 2.45) is 0 Å². The molecule has 2 rings (SSSR count). The minimum absolute atomic E-state index is 0.124. The number of benzene rings is 2. The first-order chi connectivity index (χ1) is 12.8. The Balaban J connectivity index is 1.91. The van der Waals surface area contributed by atoms with Crippen molar-refractivity contribution in [3.8, 4) is 0 Å². The van der Waals surface area contributed by atoms with E-state index in [-0.39, 0.29) is 5.69 Å². The maximum Gasteiger partial charge on any atom is 0.243 e. The number of hydrogen-bond acceptors (Lipinski definition) is 4. The van der Waals surface area contributed by atoms with E-state index in [1.807, 2.05) is 30.3 Å². The van der Waals surface area contributed by atoms with Gasteiger partial charge in [0.25, 0.3) is 0 Å². The second-order valence-electron chi connectivity index (χ2n) is 6.04. The Labute approximate surface area is 164 Å². The van der Waals surface area contributed by atoms with Crippen LogP contribution in [0.15, 0.2) is 54.6 Å². The van der Waals surface area contributed by atoms with E-state index >= 15 is 0 Å². The van der Waals surface area contributed by atoms with E-state index in [1.165, 1.54) is 30.7 Å². The van der Waals surface area contributed by atoms with Crippen LogP contribution < -0.4 is 9.62 Å². The number of amides is 1. The van der Waals surface area contributed by atoms with Gasteiger partial charge in [0.1, 0.15) is 11.9 Å². The lowest BCUT2D eigenvalue weighted by atomic mass is 10.2. The fourth-order valence-electron chi connectivity index (χ4n) is 2.58. The predicted molar refractivity (Wildman–Crippen MR) is 109 cm³/mol. The number of anilines is 1. The van der Waals surface area contributed by atoms with Crippen LogP contribution in [0, 0.1) is 5.82 Å². The third kappa shape index (κ3) is 6.55. The molecule has 0 radical (unpaired) electrons. The topological polar surface area (TPSA) is 66.5 Å². The highest BCUT2D eigenvalue weighted by Gasteiger charge is 2.29. The van der Waals surface area contributed by atoms with Crippen LogP contribution in [-0.4, -0.2) is 38.9 Å². The summed E-state index contributed by atoms with van der Waals surface area (Å²) in [4.78, 5) is 12.4. The molecular weight excluding hydrogens is 387 g/mol. The molecule has 0 heterocycles. The Morgan fingerprint density at radius 1 is 1.19 bits per heavy atom. The van der Waals surface area contributed by atoms with Gasteiger partial charge in [-0.25, -0.2) is 12.8 Å². The van der Waals surface area contributed by atoms with E-state index in [9.17, 15) is 17.6 Å². The summed E-state index contributed by atoms with van der Waals surface area (Å²) in [5.74, 6) is 0.549. The van der Waals surface area contributed by atoms with Crippen LogP contribution in [0.4, 0.5) is 10.1 Å². The van der Waals surface area contributed by atoms with Crippen molar-refractivity contribution in [3.05, 3.63) is 66.0 Å². The first kappa shape index (κ1) is 21.2. The Bertz CT molecular complexity index is 860. The van der Waals surface area contributed by atoms with Gasteiger partial charge < -0.3 is 5.32 Å². The van der Waals surface area contributed by atoms with Gasteiger partial charge >= 0.3 is 0 Å². The lowest BCUT2D eigenvalue weighted by Crippen LogP contribution is -2.48. The third-order valence-electron chi connectivity index (χ3n) is 3.81. The van der Waals surface area contributed by atoms with E-state index in [0.717, 1.165) is 22.4 Å². The number of nitrogens with zero attached hydrogens (tertiary/aromatic N) is 1. The zero-order valence-electron chi connectivity index (χ0n) is 15.3. The minimum atomic E-state index is -3.75. The maximum atomic E-state index is 13.5. The lowest BCUT2D eigenvalue weighted by molar-refractivity contribution is -0.121. The molecule has 2 aromatic rings. The van der Waals surface area contributed by atoms with Gasteiger partial charge in [-0.15, -0.1) is 0 Å². The van der Waals surface area contributed by atoms with Gasteiger partial charge in [-0.05, 0) is 30.7 Å². The van der Waals surface area contributed by atoms with E-state index < -0.39 is 27.8 Å². The van der Waals surface area contributed by atoms with Crippen molar-refractivity contribution in [3.63, 3.8) is 0 Å². The molecule has 0 spiro atoms. The summed E-state index contributed by atoms with van der Waals surface area (Å²) in [6.45, 7) is 1.90. The highest BCUT2D eigenvalue weighted by molar-refractivity contribution is 7.98. The van der Waals surface area contributed by atoms with Gasteiger partial charge in [-0.1, -0.05) is 36.4 Å².